The van der Waals surface area contributed by atoms with E-state index in [-0.39, 0.29) is 5.41 Å². The molecule has 0 saturated heterocycles. The molecule has 0 aromatic rings. The van der Waals surface area contributed by atoms with Crippen LogP contribution in [0.25, 0.3) is 0 Å². The summed E-state index contributed by atoms with van der Waals surface area (Å²) in [7, 11) is 0. The monoisotopic (exact) mass is 156 g/mol. The van der Waals surface area contributed by atoms with E-state index in [1.807, 2.05) is 6.92 Å². The molecule has 1 aliphatic carbocycles. The highest BCUT2D eigenvalue weighted by Gasteiger charge is 2.44. The van der Waals surface area contributed by atoms with Crippen molar-refractivity contribution in [1.29, 1.82) is 0 Å². The van der Waals surface area contributed by atoms with Crippen LogP contribution in [0.5, 0.6) is 0 Å². The molecule has 0 aromatic heterocycles. The number of carboxylic acid groups (broad SMARTS) is 1. The van der Waals surface area contributed by atoms with Crippen LogP contribution in [0.15, 0.2) is 0 Å². The van der Waals surface area contributed by atoms with Crippen molar-refractivity contribution in [1.82, 2.24) is 0 Å². The van der Waals surface area contributed by atoms with Gasteiger partial charge in [0.05, 0.1) is 5.41 Å². The van der Waals surface area contributed by atoms with Gasteiger partial charge in [-0.3, -0.25) is 4.79 Å². The van der Waals surface area contributed by atoms with Crippen molar-refractivity contribution < 1.29 is 9.90 Å². The zero-order valence-electron chi connectivity index (χ0n) is 7.48. The number of hydrogen-bond donors (Lipinski definition) is 1. The zero-order chi connectivity index (χ0) is 8.70. The minimum Gasteiger partial charge on any atom is -0.481 e. The molecule has 0 aromatic carbocycles. The Bertz CT molecular complexity index is 184. The second kappa shape index (κ2) is 2.23. The van der Waals surface area contributed by atoms with Crippen molar-refractivity contribution in [3.8, 4) is 0 Å². The third kappa shape index (κ3) is 1.55. The maximum atomic E-state index is 10.8. The first-order chi connectivity index (χ1) is 4.86. The Morgan fingerprint density at radius 1 is 1.27 bits per heavy atom. The van der Waals surface area contributed by atoms with Crippen LogP contribution in [0, 0.1) is 10.8 Å². The Kier molecular flexibility index (Phi) is 1.73. The van der Waals surface area contributed by atoms with E-state index >= 15 is 0 Å². The number of rotatable bonds is 1. The molecule has 2 heteroatoms. The van der Waals surface area contributed by atoms with Crippen LogP contribution in [0.1, 0.15) is 40.0 Å². The van der Waals surface area contributed by atoms with E-state index in [9.17, 15) is 4.79 Å². The highest BCUT2D eigenvalue weighted by Crippen LogP contribution is 2.48. The van der Waals surface area contributed by atoms with E-state index in [4.69, 9.17) is 5.11 Å². The average molecular weight is 156 g/mol. The molecule has 1 fully saturated rings. The first kappa shape index (κ1) is 8.57. The molecule has 0 heterocycles. The van der Waals surface area contributed by atoms with Crippen LogP contribution in [0.3, 0.4) is 0 Å². The normalized spacial score (nSPS) is 35.5. The van der Waals surface area contributed by atoms with Gasteiger partial charge in [0.25, 0.3) is 0 Å². The summed E-state index contributed by atoms with van der Waals surface area (Å²) in [6.45, 7) is 6.13. The molecule has 2 nitrogen and oxygen atoms in total. The molecule has 0 spiro atoms. The fourth-order valence-corrected chi connectivity index (χ4v) is 2.03. The predicted octanol–water partition coefficient (Wildman–Crippen LogP) is 2.29. The number of aliphatic carboxylic acids is 1. The van der Waals surface area contributed by atoms with Crippen LogP contribution in [-0.2, 0) is 4.79 Å². The first-order valence-corrected chi connectivity index (χ1v) is 4.09. The fraction of sp³-hybridized carbons (Fsp3) is 0.889. The molecule has 1 atom stereocenters. The van der Waals surface area contributed by atoms with E-state index in [0.717, 1.165) is 19.3 Å². The Morgan fingerprint density at radius 3 is 2.00 bits per heavy atom. The van der Waals surface area contributed by atoms with Crippen molar-refractivity contribution in [2.75, 3.05) is 0 Å². The molecule has 0 bridgehead atoms. The highest BCUT2D eigenvalue weighted by molar-refractivity contribution is 5.74. The van der Waals surface area contributed by atoms with Gasteiger partial charge in [0.2, 0.25) is 0 Å². The molecular weight excluding hydrogens is 140 g/mol. The number of hydrogen-bond acceptors (Lipinski definition) is 1. The van der Waals surface area contributed by atoms with Gasteiger partial charge in [-0.15, -0.1) is 0 Å². The van der Waals surface area contributed by atoms with E-state index < -0.39 is 11.4 Å². The third-order valence-electron chi connectivity index (χ3n) is 2.74. The van der Waals surface area contributed by atoms with Crippen LogP contribution in [0.4, 0.5) is 0 Å². The van der Waals surface area contributed by atoms with Crippen molar-refractivity contribution in [3.05, 3.63) is 0 Å². The largest absolute Gasteiger partial charge is 0.481 e. The van der Waals surface area contributed by atoms with Crippen LogP contribution in [-0.4, -0.2) is 11.1 Å². The Hall–Kier alpha value is -0.530. The van der Waals surface area contributed by atoms with E-state index in [1.54, 1.807) is 0 Å². The Morgan fingerprint density at radius 2 is 1.82 bits per heavy atom. The number of carboxylic acids is 1. The van der Waals surface area contributed by atoms with Crippen LogP contribution >= 0.6 is 0 Å². The molecule has 1 rings (SSSR count). The first-order valence-electron chi connectivity index (χ1n) is 4.09. The lowest BCUT2D eigenvalue weighted by Crippen LogP contribution is -2.25. The average Bonchev–Trinajstić information content (AvgIpc) is 2.08. The summed E-state index contributed by atoms with van der Waals surface area (Å²) in [5.41, 5.74) is -0.226. The van der Waals surface area contributed by atoms with Crippen LogP contribution in [0.2, 0.25) is 0 Å². The van der Waals surface area contributed by atoms with Gasteiger partial charge in [-0.25, -0.2) is 0 Å². The quantitative estimate of drug-likeness (QED) is 0.632. The molecule has 0 aliphatic heterocycles. The van der Waals surface area contributed by atoms with Crippen molar-refractivity contribution >= 4 is 5.97 Å². The standard InChI is InChI=1S/C9H16O2/c1-8(2)4-5-9(3,6-8)7(10)11/h4-6H2,1-3H3,(H,10,11). The molecule has 0 amide bonds. The van der Waals surface area contributed by atoms with Gasteiger partial charge in [0, 0.05) is 0 Å². The Labute approximate surface area is 67.6 Å². The number of carbonyl (C=O) groups is 1. The highest BCUT2D eigenvalue weighted by atomic mass is 16.4. The lowest BCUT2D eigenvalue weighted by Gasteiger charge is -2.21. The zero-order valence-corrected chi connectivity index (χ0v) is 7.48. The molecular formula is C9H16O2. The van der Waals surface area contributed by atoms with E-state index in [2.05, 4.69) is 13.8 Å². The summed E-state index contributed by atoms with van der Waals surface area (Å²) < 4.78 is 0. The predicted molar refractivity (Wildman–Crippen MR) is 43.4 cm³/mol. The van der Waals surface area contributed by atoms with Gasteiger partial charge in [-0.05, 0) is 31.6 Å². The molecule has 1 unspecified atom stereocenters. The molecule has 1 saturated carbocycles. The molecule has 64 valence electrons. The second-order valence-electron chi connectivity index (χ2n) is 4.71. The smallest absolute Gasteiger partial charge is 0.309 e. The lowest BCUT2D eigenvalue weighted by atomic mass is 9.83. The van der Waals surface area contributed by atoms with Gasteiger partial charge in [-0.2, -0.15) is 0 Å². The molecule has 1 N–H and O–H groups in total. The molecule has 1 aliphatic rings. The maximum Gasteiger partial charge on any atom is 0.309 e. The minimum absolute atomic E-state index is 0.229. The van der Waals surface area contributed by atoms with Gasteiger partial charge < -0.3 is 5.11 Å². The van der Waals surface area contributed by atoms with Crippen molar-refractivity contribution in [2.45, 2.75) is 40.0 Å². The summed E-state index contributed by atoms with van der Waals surface area (Å²) in [6, 6.07) is 0. The SMILES string of the molecule is CC1(C)CCC(C)(C(=O)O)C1. The third-order valence-corrected chi connectivity index (χ3v) is 2.74. The van der Waals surface area contributed by atoms with E-state index in [1.165, 1.54) is 0 Å². The molecule has 0 radical (unpaired) electrons. The summed E-state index contributed by atoms with van der Waals surface area (Å²) in [6.07, 6.45) is 2.68. The second-order valence-corrected chi connectivity index (χ2v) is 4.71. The van der Waals surface area contributed by atoms with Gasteiger partial charge in [0.1, 0.15) is 0 Å². The summed E-state index contributed by atoms with van der Waals surface area (Å²) in [4.78, 5) is 10.8. The summed E-state index contributed by atoms with van der Waals surface area (Å²) in [5, 5.41) is 8.90. The topological polar surface area (TPSA) is 37.3 Å². The van der Waals surface area contributed by atoms with Crippen molar-refractivity contribution in [3.63, 3.8) is 0 Å². The van der Waals surface area contributed by atoms with Crippen LogP contribution < -0.4 is 0 Å². The Balaban J connectivity index is 2.73. The summed E-state index contributed by atoms with van der Waals surface area (Å²) in [5.74, 6) is -0.636. The fourth-order valence-electron chi connectivity index (χ4n) is 2.03. The maximum absolute atomic E-state index is 10.8. The lowest BCUT2D eigenvalue weighted by molar-refractivity contribution is -0.147. The van der Waals surface area contributed by atoms with E-state index in [0.29, 0.717) is 0 Å². The minimum atomic E-state index is -0.636. The van der Waals surface area contributed by atoms with Gasteiger partial charge in [0.15, 0.2) is 0 Å². The van der Waals surface area contributed by atoms with Crippen molar-refractivity contribution in [2.24, 2.45) is 10.8 Å². The summed E-state index contributed by atoms with van der Waals surface area (Å²) >= 11 is 0. The van der Waals surface area contributed by atoms with Gasteiger partial charge >= 0.3 is 5.97 Å². The van der Waals surface area contributed by atoms with Gasteiger partial charge in [-0.1, -0.05) is 13.8 Å². The molecule has 11 heavy (non-hydrogen) atoms.